The molecule has 0 aromatic carbocycles. The van der Waals surface area contributed by atoms with Gasteiger partial charge in [0.15, 0.2) is 0 Å². The normalized spacial score (nSPS) is 17.6. The lowest BCUT2D eigenvalue weighted by molar-refractivity contribution is 0.187. The zero-order valence-electron chi connectivity index (χ0n) is 5.76. The van der Waals surface area contributed by atoms with E-state index in [4.69, 9.17) is 0 Å². The lowest BCUT2D eigenvalue weighted by Gasteiger charge is -2.18. The summed E-state index contributed by atoms with van der Waals surface area (Å²) >= 11 is 0. The van der Waals surface area contributed by atoms with Gasteiger partial charge in [0.05, 0.1) is 0 Å². The van der Waals surface area contributed by atoms with Crippen molar-refractivity contribution in [1.29, 1.82) is 0 Å². The molecule has 0 amide bonds. The van der Waals surface area contributed by atoms with Crippen molar-refractivity contribution in [1.82, 2.24) is 20.9 Å². The van der Waals surface area contributed by atoms with Gasteiger partial charge in [0.1, 0.15) is 6.67 Å². The first-order chi connectivity index (χ1) is 4.36. The Morgan fingerprint density at radius 1 is 1.11 bits per heavy atom. The molecule has 1 rings (SSSR count). The van der Waals surface area contributed by atoms with Crippen molar-refractivity contribution in [3.63, 3.8) is 0 Å². The summed E-state index contributed by atoms with van der Waals surface area (Å²) in [5.74, 6) is 0. The molecule has 1 aliphatic rings. The van der Waals surface area contributed by atoms with E-state index >= 15 is 0 Å². The Balaban J connectivity index is 2.31. The molecule has 0 bridgehead atoms. The van der Waals surface area contributed by atoms with E-state index in [0.717, 1.165) is 6.67 Å². The molecule has 1 heterocycles. The zero-order chi connectivity index (χ0) is 6.69. The van der Waals surface area contributed by atoms with E-state index in [9.17, 15) is 0 Å². The minimum atomic E-state index is 0.854. The minimum Gasteiger partial charge on any atom is -0.293 e. The number of rotatable bonds is 2. The fourth-order valence-electron chi connectivity index (χ4n) is 0.710. The van der Waals surface area contributed by atoms with Gasteiger partial charge in [0.25, 0.3) is 0 Å². The third kappa shape index (κ3) is 1.34. The van der Waals surface area contributed by atoms with Gasteiger partial charge in [-0.25, -0.2) is 10.9 Å². The second-order valence-corrected chi connectivity index (χ2v) is 1.83. The Labute approximate surface area is 55.1 Å². The average molecular weight is 128 g/mol. The quantitative estimate of drug-likeness (QED) is 0.515. The van der Waals surface area contributed by atoms with Crippen LogP contribution >= 0.6 is 0 Å². The molecule has 0 spiro atoms. The fraction of sp³-hybridized carbons (Fsp3) is 0.600. The van der Waals surface area contributed by atoms with Crippen LogP contribution in [0.4, 0.5) is 0 Å². The molecule has 4 heteroatoms. The molecule has 0 aliphatic carbocycles. The molecule has 0 atom stereocenters. The van der Waals surface area contributed by atoms with E-state index in [-0.39, 0.29) is 0 Å². The van der Waals surface area contributed by atoms with Gasteiger partial charge in [-0.3, -0.25) is 10.0 Å². The summed E-state index contributed by atoms with van der Waals surface area (Å²) in [6.45, 7) is 0.854. The monoisotopic (exact) mass is 128 g/mol. The maximum Gasteiger partial charge on any atom is 0.119 e. The van der Waals surface area contributed by atoms with Crippen molar-refractivity contribution in [3.8, 4) is 0 Å². The third-order valence-corrected chi connectivity index (χ3v) is 1.31. The topological polar surface area (TPSA) is 30.5 Å². The fourth-order valence-corrected chi connectivity index (χ4v) is 0.710. The van der Waals surface area contributed by atoms with Crippen LogP contribution in [-0.4, -0.2) is 30.8 Å². The van der Waals surface area contributed by atoms with Gasteiger partial charge in [-0.05, 0) is 0 Å². The molecule has 0 saturated carbocycles. The van der Waals surface area contributed by atoms with Crippen LogP contribution < -0.4 is 10.9 Å². The van der Waals surface area contributed by atoms with E-state index < -0.39 is 0 Å². The summed E-state index contributed by atoms with van der Waals surface area (Å²) in [7, 11) is 3.78. The van der Waals surface area contributed by atoms with Crippen LogP contribution in [0, 0.1) is 0 Å². The van der Waals surface area contributed by atoms with E-state index in [1.807, 2.05) is 36.5 Å². The highest BCUT2D eigenvalue weighted by molar-refractivity contribution is 4.85. The highest BCUT2D eigenvalue weighted by Gasteiger charge is 2.06. The number of hydrazine groups is 2. The summed E-state index contributed by atoms with van der Waals surface area (Å²) in [6.07, 6.45) is 3.94. The van der Waals surface area contributed by atoms with Crippen molar-refractivity contribution < 1.29 is 0 Å². The first-order valence-electron chi connectivity index (χ1n) is 2.93. The predicted octanol–water partition coefficient (Wildman–Crippen LogP) is -0.699. The first kappa shape index (κ1) is 6.38. The minimum absolute atomic E-state index is 0.854. The summed E-state index contributed by atoms with van der Waals surface area (Å²) < 4.78 is 0. The standard InChI is InChI=1S/C5H12N4/c1-6-8-3-4-9(5-8)7-2/h3-4,6-7H,5H2,1-2H3. The number of hydrogen-bond acceptors (Lipinski definition) is 4. The lowest BCUT2D eigenvalue weighted by Crippen LogP contribution is -2.38. The van der Waals surface area contributed by atoms with Crippen LogP contribution in [0.3, 0.4) is 0 Å². The van der Waals surface area contributed by atoms with Gasteiger partial charge >= 0.3 is 0 Å². The summed E-state index contributed by atoms with van der Waals surface area (Å²) in [5, 5.41) is 3.94. The van der Waals surface area contributed by atoms with E-state index in [1.165, 1.54) is 0 Å². The Morgan fingerprint density at radius 2 is 1.56 bits per heavy atom. The molecular formula is C5H12N4. The predicted molar refractivity (Wildman–Crippen MR) is 35.8 cm³/mol. The van der Waals surface area contributed by atoms with E-state index in [2.05, 4.69) is 10.9 Å². The van der Waals surface area contributed by atoms with E-state index in [1.54, 1.807) is 0 Å². The molecule has 0 radical (unpaired) electrons. The Hall–Kier alpha value is -0.740. The van der Waals surface area contributed by atoms with Crippen LogP contribution in [-0.2, 0) is 0 Å². The summed E-state index contributed by atoms with van der Waals surface area (Å²) in [5.41, 5.74) is 5.99. The van der Waals surface area contributed by atoms with Gasteiger partial charge in [0.2, 0.25) is 0 Å². The highest BCUT2D eigenvalue weighted by Crippen LogP contribution is 1.97. The van der Waals surface area contributed by atoms with Gasteiger partial charge < -0.3 is 0 Å². The number of hydrogen-bond donors (Lipinski definition) is 2. The second-order valence-electron chi connectivity index (χ2n) is 1.83. The number of nitrogens with zero attached hydrogens (tertiary/aromatic N) is 2. The molecule has 0 aromatic rings. The molecule has 0 fully saturated rings. The smallest absolute Gasteiger partial charge is 0.119 e. The maximum atomic E-state index is 2.99. The summed E-state index contributed by atoms with van der Waals surface area (Å²) in [4.78, 5) is 0. The van der Waals surface area contributed by atoms with E-state index in [0.29, 0.717) is 0 Å². The molecule has 0 saturated heterocycles. The Bertz CT molecular complexity index is 99.5. The van der Waals surface area contributed by atoms with Gasteiger partial charge in [0, 0.05) is 26.5 Å². The molecule has 9 heavy (non-hydrogen) atoms. The second kappa shape index (κ2) is 2.70. The largest absolute Gasteiger partial charge is 0.293 e. The molecule has 1 aliphatic heterocycles. The molecular weight excluding hydrogens is 116 g/mol. The number of nitrogens with one attached hydrogen (secondary N) is 2. The van der Waals surface area contributed by atoms with Crippen LogP contribution in [0.15, 0.2) is 12.4 Å². The van der Waals surface area contributed by atoms with Crippen LogP contribution in [0.5, 0.6) is 0 Å². The first-order valence-corrected chi connectivity index (χ1v) is 2.93. The van der Waals surface area contributed by atoms with Crippen LogP contribution in [0.25, 0.3) is 0 Å². The summed E-state index contributed by atoms with van der Waals surface area (Å²) in [6, 6.07) is 0. The molecule has 0 aromatic heterocycles. The SMILES string of the molecule is CNN1C=CN(NC)C1. The zero-order valence-corrected chi connectivity index (χ0v) is 5.76. The average Bonchev–Trinajstić information content (AvgIpc) is 2.34. The van der Waals surface area contributed by atoms with Crippen molar-refractivity contribution in [3.05, 3.63) is 12.4 Å². The van der Waals surface area contributed by atoms with Crippen molar-refractivity contribution in [2.75, 3.05) is 20.8 Å². The lowest BCUT2D eigenvalue weighted by atomic mass is 10.9. The molecule has 4 nitrogen and oxygen atoms in total. The van der Waals surface area contributed by atoms with Gasteiger partial charge in [-0.15, -0.1) is 0 Å². The Morgan fingerprint density at radius 3 is 1.78 bits per heavy atom. The molecule has 52 valence electrons. The highest BCUT2D eigenvalue weighted by atomic mass is 15.6. The van der Waals surface area contributed by atoms with Crippen molar-refractivity contribution in [2.24, 2.45) is 0 Å². The van der Waals surface area contributed by atoms with Crippen LogP contribution in [0.2, 0.25) is 0 Å². The van der Waals surface area contributed by atoms with Gasteiger partial charge in [-0.1, -0.05) is 0 Å². The molecule has 0 unspecified atom stereocenters. The third-order valence-electron chi connectivity index (χ3n) is 1.31. The maximum absolute atomic E-state index is 2.99. The van der Waals surface area contributed by atoms with Gasteiger partial charge in [-0.2, -0.15) is 0 Å². The molecule has 2 N–H and O–H groups in total. The Kier molecular flexibility index (Phi) is 1.92. The van der Waals surface area contributed by atoms with Crippen molar-refractivity contribution in [2.45, 2.75) is 0 Å². The van der Waals surface area contributed by atoms with Crippen LogP contribution in [0.1, 0.15) is 0 Å². The van der Waals surface area contributed by atoms with Crippen molar-refractivity contribution >= 4 is 0 Å².